The highest BCUT2D eigenvalue weighted by Gasteiger charge is 1.99. The van der Waals surface area contributed by atoms with E-state index >= 15 is 0 Å². The molecule has 1 rings (SSSR count). The smallest absolute Gasteiger partial charge is 0.132 e. The van der Waals surface area contributed by atoms with Crippen molar-refractivity contribution in [2.45, 2.75) is 33.1 Å². The summed E-state index contributed by atoms with van der Waals surface area (Å²) in [5.74, 6) is 0.349. The van der Waals surface area contributed by atoms with Crippen molar-refractivity contribution in [1.82, 2.24) is 0 Å². The normalized spacial score (nSPS) is 10.0. The Morgan fingerprint density at radius 2 is 2.15 bits per heavy atom. The number of Topliss-reactive ketones (excluding diaryl/α,β-unsaturated/α-hetero) is 1. The second-order valence-corrected chi connectivity index (χ2v) is 3.38. The molecule has 1 nitrogen and oxygen atoms in total. The molecule has 0 unspecified atom stereocenters. The highest BCUT2D eigenvalue weighted by Crippen LogP contribution is 2.07. The zero-order chi connectivity index (χ0) is 9.68. The van der Waals surface area contributed by atoms with E-state index in [-0.39, 0.29) is 0 Å². The number of hydrogen-bond donors (Lipinski definition) is 0. The molecule has 0 aliphatic heterocycles. The first kappa shape index (κ1) is 9.97. The average Bonchev–Trinajstić information content (AvgIpc) is 2.14. The van der Waals surface area contributed by atoms with Crippen LogP contribution in [0.5, 0.6) is 0 Å². The molecule has 0 fully saturated rings. The molecule has 0 amide bonds. The number of carbonyl (C=O) groups excluding carboxylic acids is 1. The number of aryl methyl sites for hydroxylation is 2. The number of rotatable bonds is 4. The maximum atomic E-state index is 11.1. The Labute approximate surface area is 79.8 Å². The largest absolute Gasteiger partial charge is 0.300 e. The van der Waals surface area contributed by atoms with Gasteiger partial charge >= 0.3 is 0 Å². The maximum absolute atomic E-state index is 11.1. The van der Waals surface area contributed by atoms with Crippen LogP contribution < -0.4 is 0 Å². The highest BCUT2D eigenvalue weighted by atomic mass is 16.1. The van der Waals surface area contributed by atoms with E-state index in [9.17, 15) is 4.79 Å². The summed E-state index contributed by atoms with van der Waals surface area (Å²) in [6, 6.07) is 8.34. The summed E-state index contributed by atoms with van der Waals surface area (Å²) in [7, 11) is 0. The number of ketones is 1. The van der Waals surface area contributed by atoms with Crippen molar-refractivity contribution in [2.75, 3.05) is 0 Å². The van der Waals surface area contributed by atoms with Gasteiger partial charge in [-0.3, -0.25) is 4.79 Å². The van der Waals surface area contributed by atoms with Crippen LogP contribution in [0.3, 0.4) is 0 Å². The lowest BCUT2D eigenvalue weighted by Crippen LogP contribution is -1.97. The van der Waals surface area contributed by atoms with E-state index in [1.165, 1.54) is 11.1 Å². The maximum Gasteiger partial charge on any atom is 0.132 e. The fraction of sp³-hybridized carbons (Fsp3) is 0.417. The number of carbonyl (C=O) groups is 1. The zero-order valence-electron chi connectivity index (χ0n) is 8.34. The Morgan fingerprint density at radius 3 is 2.77 bits per heavy atom. The van der Waals surface area contributed by atoms with Crippen molar-refractivity contribution in [3.63, 3.8) is 0 Å². The number of benzene rings is 1. The van der Waals surface area contributed by atoms with Gasteiger partial charge in [0.25, 0.3) is 0 Å². The summed E-state index contributed by atoms with van der Waals surface area (Å²) in [6.45, 7) is 3.99. The SMILES string of the molecule is CCC(=O)CCc1cccc(C)c1. The minimum absolute atomic E-state index is 0.349. The van der Waals surface area contributed by atoms with Gasteiger partial charge in [-0.05, 0) is 18.9 Å². The molecule has 1 aromatic carbocycles. The van der Waals surface area contributed by atoms with Gasteiger partial charge in [0.15, 0.2) is 0 Å². The molecule has 1 heteroatoms. The predicted molar refractivity (Wildman–Crippen MR) is 54.8 cm³/mol. The third-order valence-electron chi connectivity index (χ3n) is 2.17. The van der Waals surface area contributed by atoms with Crippen molar-refractivity contribution < 1.29 is 4.79 Å². The summed E-state index contributed by atoms with van der Waals surface area (Å²) >= 11 is 0. The Morgan fingerprint density at radius 1 is 1.38 bits per heavy atom. The molecule has 0 saturated carbocycles. The molecule has 0 aliphatic carbocycles. The summed E-state index contributed by atoms with van der Waals surface area (Å²) < 4.78 is 0. The molecule has 1 aromatic rings. The minimum Gasteiger partial charge on any atom is -0.300 e. The van der Waals surface area contributed by atoms with Crippen molar-refractivity contribution in [3.8, 4) is 0 Å². The predicted octanol–water partition coefficient (Wildman–Crippen LogP) is 2.91. The summed E-state index contributed by atoms with van der Waals surface area (Å²) in [6.07, 6.45) is 2.22. The first-order valence-electron chi connectivity index (χ1n) is 4.79. The van der Waals surface area contributed by atoms with Crippen molar-refractivity contribution in [1.29, 1.82) is 0 Å². The summed E-state index contributed by atoms with van der Waals surface area (Å²) in [4.78, 5) is 11.1. The van der Waals surface area contributed by atoms with Gasteiger partial charge < -0.3 is 0 Å². The van der Waals surface area contributed by atoms with Crippen LogP contribution in [0.2, 0.25) is 0 Å². The van der Waals surface area contributed by atoms with Gasteiger partial charge in [-0.25, -0.2) is 0 Å². The third kappa shape index (κ3) is 3.41. The molecule has 13 heavy (non-hydrogen) atoms. The minimum atomic E-state index is 0.349. The molecule has 0 saturated heterocycles. The molecule has 0 bridgehead atoms. The lowest BCUT2D eigenvalue weighted by Gasteiger charge is -2.00. The van der Waals surface area contributed by atoms with Crippen LogP contribution in [0.25, 0.3) is 0 Å². The highest BCUT2D eigenvalue weighted by molar-refractivity contribution is 5.78. The first-order chi connectivity index (χ1) is 6.22. The molecule has 0 heterocycles. The van der Waals surface area contributed by atoms with E-state index in [2.05, 4.69) is 25.1 Å². The lowest BCUT2D eigenvalue weighted by atomic mass is 10.0. The summed E-state index contributed by atoms with van der Waals surface area (Å²) in [5, 5.41) is 0. The Bertz CT molecular complexity index is 289. The number of hydrogen-bond acceptors (Lipinski definition) is 1. The van der Waals surface area contributed by atoms with Gasteiger partial charge in [0, 0.05) is 12.8 Å². The van der Waals surface area contributed by atoms with Gasteiger partial charge in [-0.15, -0.1) is 0 Å². The second-order valence-electron chi connectivity index (χ2n) is 3.38. The Kier molecular flexibility index (Phi) is 3.69. The standard InChI is InChI=1S/C12H16O/c1-3-12(13)8-7-11-6-4-5-10(2)9-11/h4-6,9H,3,7-8H2,1-2H3. The van der Waals surface area contributed by atoms with Gasteiger partial charge in [0.05, 0.1) is 0 Å². The van der Waals surface area contributed by atoms with Gasteiger partial charge in [-0.2, -0.15) is 0 Å². The van der Waals surface area contributed by atoms with Crippen LogP contribution >= 0.6 is 0 Å². The average molecular weight is 176 g/mol. The molecule has 0 aromatic heterocycles. The van der Waals surface area contributed by atoms with Crippen molar-refractivity contribution in [3.05, 3.63) is 35.4 Å². The van der Waals surface area contributed by atoms with Crippen LogP contribution in [0.4, 0.5) is 0 Å². The topological polar surface area (TPSA) is 17.1 Å². The van der Waals surface area contributed by atoms with E-state index in [1.54, 1.807) is 0 Å². The van der Waals surface area contributed by atoms with E-state index < -0.39 is 0 Å². The molecule has 0 N–H and O–H groups in total. The van der Waals surface area contributed by atoms with E-state index in [4.69, 9.17) is 0 Å². The Hall–Kier alpha value is -1.11. The van der Waals surface area contributed by atoms with E-state index in [0.717, 1.165) is 6.42 Å². The molecule has 0 spiro atoms. The van der Waals surface area contributed by atoms with E-state index in [1.807, 2.05) is 13.0 Å². The third-order valence-corrected chi connectivity index (χ3v) is 2.17. The molecular weight excluding hydrogens is 160 g/mol. The van der Waals surface area contributed by atoms with Gasteiger partial charge in [-0.1, -0.05) is 36.8 Å². The molecular formula is C12H16O. The fourth-order valence-electron chi connectivity index (χ4n) is 1.33. The lowest BCUT2D eigenvalue weighted by molar-refractivity contribution is -0.118. The molecule has 0 aliphatic rings. The molecule has 0 radical (unpaired) electrons. The van der Waals surface area contributed by atoms with Crippen LogP contribution in [-0.4, -0.2) is 5.78 Å². The van der Waals surface area contributed by atoms with Gasteiger partial charge in [0.1, 0.15) is 5.78 Å². The van der Waals surface area contributed by atoms with Gasteiger partial charge in [0.2, 0.25) is 0 Å². The summed E-state index contributed by atoms with van der Waals surface area (Å²) in [5.41, 5.74) is 2.53. The van der Waals surface area contributed by atoms with E-state index in [0.29, 0.717) is 18.6 Å². The Balaban J connectivity index is 2.50. The first-order valence-corrected chi connectivity index (χ1v) is 4.79. The van der Waals surface area contributed by atoms with Crippen molar-refractivity contribution >= 4 is 5.78 Å². The second kappa shape index (κ2) is 4.80. The van der Waals surface area contributed by atoms with Crippen LogP contribution in [0, 0.1) is 6.92 Å². The molecule has 0 atom stereocenters. The molecule has 70 valence electrons. The van der Waals surface area contributed by atoms with Crippen LogP contribution in [0.15, 0.2) is 24.3 Å². The van der Waals surface area contributed by atoms with Crippen LogP contribution in [0.1, 0.15) is 30.9 Å². The van der Waals surface area contributed by atoms with Crippen LogP contribution in [-0.2, 0) is 11.2 Å². The van der Waals surface area contributed by atoms with Crippen molar-refractivity contribution in [2.24, 2.45) is 0 Å². The zero-order valence-corrected chi connectivity index (χ0v) is 8.34. The quantitative estimate of drug-likeness (QED) is 0.689. The monoisotopic (exact) mass is 176 g/mol. The fourth-order valence-corrected chi connectivity index (χ4v) is 1.33.